The molecule has 0 saturated heterocycles. The molecule has 46 heavy (non-hydrogen) atoms. The number of hydrogen-bond acceptors (Lipinski definition) is 0. The Bertz CT molecular complexity index is 1720. The van der Waals surface area contributed by atoms with Gasteiger partial charge in [-0.25, -0.2) is 0 Å². The molecule has 0 bridgehead atoms. The van der Waals surface area contributed by atoms with E-state index in [0.717, 1.165) is 9.52 Å². The fourth-order valence-corrected chi connectivity index (χ4v) is 5.69. The van der Waals surface area contributed by atoms with Crippen LogP contribution in [-0.2, 0) is 39.1 Å². The van der Waals surface area contributed by atoms with Crippen molar-refractivity contribution in [3.05, 3.63) is 132 Å². The van der Waals surface area contributed by atoms with E-state index in [1.807, 2.05) is 0 Å². The maximum absolute atomic E-state index is 4.93. The molecule has 0 aliphatic carbocycles. The fraction of sp³-hybridized carbons (Fsp3) is 0.286. The van der Waals surface area contributed by atoms with E-state index in [0.29, 0.717) is 0 Å². The van der Waals surface area contributed by atoms with Crippen LogP contribution in [0.1, 0.15) is 64.2 Å². The Morgan fingerprint density at radius 3 is 1.74 bits per heavy atom. The molecule has 6 rings (SSSR count). The number of rotatable bonds is 6. The summed E-state index contributed by atoms with van der Waals surface area (Å²) in [5.74, 6) is 0. The van der Waals surface area contributed by atoms with Crippen molar-refractivity contribution in [1.29, 1.82) is 0 Å². The molecule has 0 fully saturated rings. The van der Waals surface area contributed by atoms with Gasteiger partial charge in [-0.1, -0.05) is 132 Å². The van der Waals surface area contributed by atoms with Crippen LogP contribution < -0.4 is 0 Å². The molecule has 238 valence electrons. The van der Waals surface area contributed by atoms with Gasteiger partial charge in [0.1, 0.15) is 0 Å². The van der Waals surface area contributed by atoms with Gasteiger partial charge in [0.25, 0.3) is 0 Å². The van der Waals surface area contributed by atoms with Gasteiger partial charge in [0, 0.05) is 9.52 Å². The van der Waals surface area contributed by atoms with Gasteiger partial charge in [0.15, 0.2) is 0 Å². The average molecular weight is 743 g/mol. The van der Waals surface area contributed by atoms with Crippen molar-refractivity contribution in [1.82, 2.24) is 0 Å². The van der Waals surface area contributed by atoms with Crippen LogP contribution in [0.3, 0.4) is 0 Å². The summed E-state index contributed by atoms with van der Waals surface area (Å²) in [5.41, 5.74) is 9.79. The van der Waals surface area contributed by atoms with Crippen molar-refractivity contribution in [2.75, 3.05) is 0 Å². The van der Waals surface area contributed by atoms with E-state index in [4.69, 9.17) is 17.0 Å². The molecule has 0 saturated carbocycles. The van der Waals surface area contributed by atoms with E-state index < -0.39 is 20.8 Å². The number of hydrogen-bond donors (Lipinski definition) is 0. The molecule has 0 atom stereocenters. The van der Waals surface area contributed by atoms with Crippen LogP contribution in [0.15, 0.2) is 115 Å². The minimum absolute atomic E-state index is 0.213. The molecule has 2 radical (unpaired) electrons. The van der Waals surface area contributed by atoms with Gasteiger partial charge in [-0.2, -0.15) is 18.2 Å². The van der Waals surface area contributed by atoms with Crippen molar-refractivity contribution in [3.8, 4) is 22.3 Å². The summed E-state index contributed by atoms with van der Waals surface area (Å²) in [6.07, 6.45) is 4.75. The van der Waals surface area contributed by atoms with Crippen molar-refractivity contribution in [2.24, 2.45) is 0 Å². The predicted octanol–water partition coefficient (Wildman–Crippen LogP) is 13.8. The number of aryl methyl sites for hydroxylation is 2. The Morgan fingerprint density at radius 2 is 1.20 bits per heavy atom. The van der Waals surface area contributed by atoms with Crippen molar-refractivity contribution >= 4 is 48.1 Å². The molecule has 0 heterocycles. The molecule has 0 unspecified atom stereocenters. The zero-order valence-electron chi connectivity index (χ0n) is 28.6. The zero-order chi connectivity index (χ0) is 33.5. The van der Waals surface area contributed by atoms with Crippen molar-refractivity contribution in [3.63, 3.8) is 0 Å². The van der Waals surface area contributed by atoms with E-state index in [2.05, 4.69) is 163 Å². The number of benzene rings is 4. The van der Waals surface area contributed by atoms with E-state index >= 15 is 0 Å². The van der Waals surface area contributed by atoms with Crippen LogP contribution in [-0.4, -0.2) is 9.52 Å². The second-order valence-corrected chi connectivity index (χ2v) is 17.3. The molecule has 0 aliphatic heterocycles. The van der Waals surface area contributed by atoms with Gasteiger partial charge in [0.05, 0.1) is 0 Å². The van der Waals surface area contributed by atoms with E-state index in [1.165, 1.54) is 86.2 Å². The molecular formula is C42H48Cl2SiZr. The van der Waals surface area contributed by atoms with Crippen LogP contribution in [0.25, 0.3) is 43.8 Å². The molecule has 6 aromatic rings. The predicted molar refractivity (Wildman–Crippen MR) is 206 cm³/mol. The first kappa shape index (κ1) is 38.2. The van der Waals surface area contributed by atoms with Gasteiger partial charge in [-0.3, -0.25) is 0 Å². The first-order valence-electron chi connectivity index (χ1n) is 16.3. The van der Waals surface area contributed by atoms with E-state index in [1.54, 1.807) is 0 Å². The first-order chi connectivity index (χ1) is 22.2. The van der Waals surface area contributed by atoms with Gasteiger partial charge in [0.2, 0.25) is 0 Å². The number of fused-ring (bicyclic) bond motifs is 2. The first-order valence-corrected chi connectivity index (χ1v) is 24.6. The summed E-state index contributed by atoms with van der Waals surface area (Å²) < 4.78 is 0. The third-order valence-corrected chi connectivity index (χ3v) is 7.89. The van der Waals surface area contributed by atoms with Crippen LogP contribution in [0.2, 0.25) is 13.1 Å². The summed E-state index contributed by atoms with van der Waals surface area (Å²) in [4.78, 5) is 0. The van der Waals surface area contributed by atoms with Gasteiger partial charge >= 0.3 is 37.9 Å². The van der Waals surface area contributed by atoms with Crippen LogP contribution in [0.4, 0.5) is 0 Å². The quantitative estimate of drug-likeness (QED) is 0.118. The van der Waals surface area contributed by atoms with Gasteiger partial charge in [-0.05, 0) is 40.5 Å². The fourth-order valence-electron chi connectivity index (χ4n) is 5.69. The van der Waals surface area contributed by atoms with Gasteiger partial charge in [-0.15, -0.1) is 63.5 Å². The third-order valence-electron chi connectivity index (χ3n) is 7.89. The summed E-state index contributed by atoms with van der Waals surface area (Å²) >= 11 is -0.826. The minimum atomic E-state index is -0.826. The molecular weight excluding hydrogens is 695 g/mol. The van der Waals surface area contributed by atoms with E-state index in [9.17, 15) is 0 Å². The Balaban J connectivity index is 0.000000215. The topological polar surface area (TPSA) is 0 Å². The monoisotopic (exact) mass is 740 g/mol. The number of halogens is 2. The summed E-state index contributed by atoms with van der Waals surface area (Å²) in [7, 11) is 11.0. The summed E-state index contributed by atoms with van der Waals surface area (Å²) in [5, 5.41) is 5.42. The second-order valence-electron chi connectivity index (χ2n) is 12.6. The summed E-state index contributed by atoms with van der Waals surface area (Å²) in [6.45, 7) is 15.5. The normalized spacial score (nSPS) is 10.6. The Hall–Kier alpha value is -2.22. The second kappa shape index (κ2) is 19.6. The average Bonchev–Trinajstić information content (AvgIpc) is 3.70. The Kier molecular flexibility index (Phi) is 16.3. The standard InChI is InChI=1S/C21H23.C19H19.C2H6Si.2ClH.Zr/c1-3-6-16-10-12-18(13-11-16)20-9-5-8-19-14-17(7-4-2)15-21(19)20;1-19(2,3)16-12-10-15(11-13-16)18-9-5-7-14-6-4-8-17(14)18;1-3-2;;;/h5,8-15H,3-4,6-7H2,1-2H3;4-13H,1-3H3;1-2H3;2*1H;/q2*-1;;;;+4/p-2. The van der Waals surface area contributed by atoms with Crippen molar-refractivity contribution in [2.45, 2.75) is 78.8 Å². The van der Waals surface area contributed by atoms with E-state index in [-0.39, 0.29) is 5.41 Å². The molecule has 0 aliphatic rings. The molecule has 0 spiro atoms. The molecule has 0 N–H and O–H groups in total. The third kappa shape index (κ3) is 10.9. The SMILES string of the molecule is CC(C)(C)c1ccc(-c2cccc3[cH-]ccc23)cc1.CCCc1ccc(-c2cccc3[cH-]c(CCC)cc23)cc1.C[Si]C.[Cl][Zr+2][Cl]. The van der Waals surface area contributed by atoms with Gasteiger partial charge < -0.3 is 0 Å². The summed E-state index contributed by atoms with van der Waals surface area (Å²) in [6, 6.07) is 42.4. The zero-order valence-corrected chi connectivity index (χ0v) is 33.5. The maximum atomic E-state index is 4.93. The molecule has 0 aromatic heterocycles. The van der Waals surface area contributed by atoms with Crippen LogP contribution in [0, 0.1) is 0 Å². The molecule has 0 amide bonds. The Labute approximate surface area is 299 Å². The molecule has 6 aromatic carbocycles. The van der Waals surface area contributed by atoms with Crippen molar-refractivity contribution < 1.29 is 20.8 Å². The van der Waals surface area contributed by atoms with Crippen LogP contribution in [0.5, 0.6) is 0 Å². The Morgan fingerprint density at radius 1 is 0.674 bits per heavy atom. The molecule has 0 nitrogen and oxygen atoms in total. The molecule has 4 heteroatoms. The van der Waals surface area contributed by atoms with Crippen LogP contribution >= 0.6 is 17.0 Å².